The maximum absolute atomic E-state index is 14.0. The van der Waals surface area contributed by atoms with Crippen LogP contribution in [-0.4, -0.2) is 58.8 Å². The van der Waals surface area contributed by atoms with E-state index in [4.69, 9.17) is 22.1 Å². The minimum atomic E-state index is -4.79. The molecule has 0 aliphatic carbocycles. The van der Waals surface area contributed by atoms with Gasteiger partial charge in [-0.3, -0.25) is 0 Å². The zero-order chi connectivity index (χ0) is 29.7. The summed E-state index contributed by atoms with van der Waals surface area (Å²) in [5.41, 5.74) is 2.45. The summed E-state index contributed by atoms with van der Waals surface area (Å²) in [5, 5.41) is 8.45. The maximum Gasteiger partial charge on any atom is 0.417 e. The van der Waals surface area contributed by atoms with E-state index in [0.717, 1.165) is 6.07 Å². The number of likely N-dealkylation sites (tertiary alicyclic amines) is 1. The number of hydrogen-bond donors (Lipinski definition) is 4. The molecule has 1 amide bonds. The first kappa shape index (κ1) is 29.4. The maximum atomic E-state index is 14.0. The second-order valence-corrected chi connectivity index (χ2v) is 12.7. The van der Waals surface area contributed by atoms with Crippen molar-refractivity contribution in [3.8, 4) is 11.1 Å². The van der Waals surface area contributed by atoms with Crippen LogP contribution < -0.4 is 15.8 Å². The number of ether oxygens (including phenoxy) is 1. The van der Waals surface area contributed by atoms with Crippen molar-refractivity contribution in [1.82, 2.24) is 24.8 Å². The fourth-order valence-electron chi connectivity index (χ4n) is 4.16. The number of nitrogens with zero attached hydrogens (tertiary/aromatic N) is 3. The van der Waals surface area contributed by atoms with E-state index in [2.05, 4.69) is 25.2 Å². The number of nitrogens with one attached hydrogen (secondary N) is 3. The van der Waals surface area contributed by atoms with Gasteiger partial charge in [0.05, 0.1) is 21.0 Å². The van der Waals surface area contributed by atoms with E-state index in [0.29, 0.717) is 0 Å². The van der Waals surface area contributed by atoms with Crippen molar-refractivity contribution in [2.75, 3.05) is 24.1 Å². The summed E-state index contributed by atoms with van der Waals surface area (Å²) in [7, 11) is -4.07. The molecule has 0 unspecified atom stereocenters. The van der Waals surface area contributed by atoms with Crippen LogP contribution in [0.15, 0.2) is 41.3 Å². The van der Waals surface area contributed by atoms with Gasteiger partial charge in [-0.25, -0.2) is 23.0 Å². The first-order valence-corrected chi connectivity index (χ1v) is 13.7. The van der Waals surface area contributed by atoms with E-state index >= 15 is 0 Å². The van der Waals surface area contributed by atoms with Crippen LogP contribution in [0, 0.1) is 0 Å². The topological polar surface area (TPSA) is 155 Å². The first-order chi connectivity index (χ1) is 18.4. The Morgan fingerprint density at radius 3 is 2.33 bits per heavy atom. The molecule has 2 aromatic carbocycles. The number of nitrogen functional groups attached to an aromatic ring is 1. The number of carbonyl (C=O) groups is 1. The standard InChI is InChI=1S/C24H27ClF3N7O4S/c1-22(2,3)39-21(36)35-11-23(4,12-35)34-40(37,38)15-7-5-13(6-8-15)18-16(24(26,27)28)9-14(10-17(18)25)30-20-31-19(29)32-33-20/h5-10,34H,11-12H2,1-4H3,(H4,29,30,31,32,33). The molecule has 0 saturated carbocycles. The molecule has 0 radical (unpaired) electrons. The van der Waals surface area contributed by atoms with E-state index in [9.17, 15) is 26.4 Å². The van der Waals surface area contributed by atoms with Gasteiger partial charge in [-0.05, 0) is 57.5 Å². The Bertz CT molecular complexity index is 1530. The Balaban J connectivity index is 1.54. The second-order valence-electron chi connectivity index (χ2n) is 10.6. The molecule has 16 heteroatoms. The number of halogens is 4. The average Bonchev–Trinajstić information content (AvgIpc) is 3.19. The lowest BCUT2D eigenvalue weighted by molar-refractivity contribution is -0.137. The number of aromatic amines is 1. The highest BCUT2D eigenvalue weighted by molar-refractivity contribution is 7.89. The van der Waals surface area contributed by atoms with Crippen molar-refractivity contribution < 1.29 is 31.1 Å². The summed E-state index contributed by atoms with van der Waals surface area (Å²) in [5.74, 6) is -0.0802. The van der Waals surface area contributed by atoms with Gasteiger partial charge < -0.3 is 20.7 Å². The number of carbonyl (C=O) groups excluding carboxylic acids is 1. The fourth-order valence-corrected chi connectivity index (χ4v) is 5.87. The summed E-state index contributed by atoms with van der Waals surface area (Å²) < 4.78 is 76.0. The molecule has 4 rings (SSSR count). The Kier molecular flexibility index (Phi) is 7.45. The quantitative estimate of drug-likeness (QED) is 0.315. The lowest BCUT2D eigenvalue weighted by Crippen LogP contribution is -2.69. The zero-order valence-electron chi connectivity index (χ0n) is 21.9. The molecular formula is C24H27ClF3N7O4S. The Morgan fingerprint density at radius 1 is 1.18 bits per heavy atom. The molecule has 1 aliphatic heterocycles. The third-order valence-corrected chi connectivity index (χ3v) is 7.67. The van der Waals surface area contributed by atoms with Gasteiger partial charge in [-0.1, -0.05) is 23.7 Å². The number of benzene rings is 2. The van der Waals surface area contributed by atoms with Crippen molar-refractivity contribution in [1.29, 1.82) is 0 Å². The third kappa shape index (κ3) is 6.59. The van der Waals surface area contributed by atoms with Crippen LogP contribution in [0.2, 0.25) is 5.02 Å². The van der Waals surface area contributed by atoms with E-state index in [1.165, 1.54) is 35.2 Å². The summed E-state index contributed by atoms with van der Waals surface area (Å²) >= 11 is 6.28. The molecule has 0 bridgehead atoms. The van der Waals surface area contributed by atoms with Crippen molar-refractivity contribution >= 4 is 45.3 Å². The molecule has 1 aliphatic rings. The van der Waals surface area contributed by atoms with E-state index < -0.39 is 39.0 Å². The number of anilines is 3. The van der Waals surface area contributed by atoms with E-state index in [1.54, 1.807) is 27.7 Å². The lowest BCUT2D eigenvalue weighted by atomic mass is 9.94. The minimum absolute atomic E-state index is 0.0300. The van der Waals surface area contributed by atoms with Crippen molar-refractivity contribution in [3.63, 3.8) is 0 Å². The number of alkyl halides is 3. The van der Waals surface area contributed by atoms with Gasteiger partial charge in [-0.15, -0.1) is 5.10 Å². The SMILES string of the molecule is CC1(NS(=O)(=O)c2ccc(-c3c(Cl)cc(Nc4n[nH]c(N)n4)cc3C(F)(F)F)cc2)CN(C(=O)OC(C)(C)C)C1. The van der Waals surface area contributed by atoms with Gasteiger partial charge in [-0.2, -0.15) is 18.2 Å². The van der Waals surface area contributed by atoms with Crippen molar-refractivity contribution in [2.24, 2.45) is 0 Å². The normalized spacial score (nSPS) is 15.4. The van der Waals surface area contributed by atoms with Crippen LogP contribution in [0.3, 0.4) is 0 Å². The minimum Gasteiger partial charge on any atom is -0.444 e. The number of hydrogen-bond acceptors (Lipinski definition) is 8. The highest BCUT2D eigenvalue weighted by atomic mass is 35.5. The van der Waals surface area contributed by atoms with Gasteiger partial charge in [0.15, 0.2) is 0 Å². The van der Waals surface area contributed by atoms with Crippen LogP contribution >= 0.6 is 11.6 Å². The number of amides is 1. The Morgan fingerprint density at radius 2 is 1.80 bits per heavy atom. The predicted molar refractivity (Wildman–Crippen MR) is 143 cm³/mol. The van der Waals surface area contributed by atoms with Gasteiger partial charge in [0.1, 0.15) is 5.60 Å². The van der Waals surface area contributed by atoms with Crippen LogP contribution in [0.5, 0.6) is 0 Å². The number of sulfonamides is 1. The number of nitrogens with two attached hydrogens (primary N) is 1. The second kappa shape index (κ2) is 10.1. The molecule has 3 aromatic rings. The highest BCUT2D eigenvalue weighted by Gasteiger charge is 2.45. The van der Waals surface area contributed by atoms with Gasteiger partial charge in [0, 0.05) is 24.3 Å². The Hall–Kier alpha value is -3.56. The smallest absolute Gasteiger partial charge is 0.417 e. The summed E-state index contributed by atoms with van der Waals surface area (Å²) in [6, 6.07) is 6.95. The van der Waals surface area contributed by atoms with Crippen LogP contribution in [0.25, 0.3) is 11.1 Å². The number of rotatable bonds is 6. The molecule has 11 nitrogen and oxygen atoms in total. The molecule has 2 heterocycles. The summed E-state index contributed by atoms with van der Waals surface area (Å²) in [6.07, 6.45) is -5.35. The lowest BCUT2D eigenvalue weighted by Gasteiger charge is -2.47. The fraction of sp³-hybridized carbons (Fsp3) is 0.375. The third-order valence-electron chi connectivity index (χ3n) is 5.72. The molecule has 0 atom stereocenters. The average molecular weight is 602 g/mol. The number of aromatic nitrogens is 3. The molecule has 0 spiro atoms. The highest BCUT2D eigenvalue weighted by Crippen LogP contribution is 2.43. The monoisotopic (exact) mass is 601 g/mol. The number of H-pyrrole nitrogens is 1. The zero-order valence-corrected chi connectivity index (χ0v) is 23.4. The predicted octanol–water partition coefficient (Wildman–Crippen LogP) is 4.76. The van der Waals surface area contributed by atoms with E-state index in [-0.39, 0.29) is 51.7 Å². The molecular weight excluding hydrogens is 575 g/mol. The largest absolute Gasteiger partial charge is 0.444 e. The molecule has 1 aromatic heterocycles. The first-order valence-electron chi connectivity index (χ1n) is 11.8. The molecule has 40 heavy (non-hydrogen) atoms. The van der Waals surface area contributed by atoms with Crippen LogP contribution in [0.4, 0.5) is 35.5 Å². The molecule has 1 fully saturated rings. The van der Waals surface area contributed by atoms with Crippen LogP contribution in [0.1, 0.15) is 33.3 Å². The summed E-state index contributed by atoms with van der Waals surface area (Å²) in [6.45, 7) is 6.98. The Labute approximate surface area is 233 Å². The van der Waals surface area contributed by atoms with E-state index in [1.807, 2.05) is 0 Å². The van der Waals surface area contributed by atoms with Crippen molar-refractivity contribution in [2.45, 2.75) is 49.9 Å². The van der Waals surface area contributed by atoms with Gasteiger partial charge in [0.2, 0.25) is 21.9 Å². The molecule has 1 saturated heterocycles. The van der Waals surface area contributed by atoms with Gasteiger partial charge in [0.25, 0.3) is 0 Å². The van der Waals surface area contributed by atoms with Crippen LogP contribution in [-0.2, 0) is 20.9 Å². The molecule has 5 N–H and O–H groups in total. The summed E-state index contributed by atoms with van der Waals surface area (Å²) in [4.78, 5) is 17.2. The van der Waals surface area contributed by atoms with Gasteiger partial charge >= 0.3 is 12.3 Å². The van der Waals surface area contributed by atoms with Crippen molar-refractivity contribution in [3.05, 3.63) is 47.0 Å². The molecule has 216 valence electrons.